The Labute approximate surface area is 110 Å². The van der Waals surface area contributed by atoms with Gasteiger partial charge in [-0.15, -0.1) is 0 Å². The van der Waals surface area contributed by atoms with Gasteiger partial charge in [-0.1, -0.05) is 0 Å². The summed E-state index contributed by atoms with van der Waals surface area (Å²) in [5, 5.41) is 9.07. The second kappa shape index (κ2) is 6.44. The molecule has 0 unspecified atom stereocenters. The number of benzene rings is 1. The van der Waals surface area contributed by atoms with Gasteiger partial charge in [-0.05, 0) is 23.8 Å². The topological polar surface area (TPSA) is 82.1 Å². The average Bonchev–Trinajstić information content (AvgIpc) is 2.42. The number of hydrogen-bond donors (Lipinski definition) is 1. The maximum absolute atomic E-state index is 11.1. The highest BCUT2D eigenvalue weighted by Gasteiger charge is 2.18. The fraction of sp³-hybridized carbons (Fsp3) is 0.231. The average molecular weight is 266 g/mol. The summed E-state index contributed by atoms with van der Waals surface area (Å²) in [6, 6.07) is 2.93. The van der Waals surface area contributed by atoms with Crippen LogP contribution >= 0.6 is 0 Å². The van der Waals surface area contributed by atoms with E-state index in [1.54, 1.807) is 0 Å². The molecule has 0 aliphatic heterocycles. The first-order chi connectivity index (χ1) is 9.08. The number of carbonyl (C=O) groups excluding carboxylic acids is 1. The smallest absolute Gasteiger partial charge is 0.336 e. The van der Waals surface area contributed by atoms with Gasteiger partial charge in [0.15, 0.2) is 11.5 Å². The highest BCUT2D eigenvalue weighted by Crippen LogP contribution is 2.39. The molecule has 0 amide bonds. The van der Waals surface area contributed by atoms with Crippen LogP contribution in [0.15, 0.2) is 18.2 Å². The van der Waals surface area contributed by atoms with Crippen LogP contribution in [0.3, 0.4) is 0 Å². The third-order valence-electron chi connectivity index (χ3n) is 2.44. The summed E-state index contributed by atoms with van der Waals surface area (Å²) >= 11 is 0. The molecule has 102 valence electrons. The van der Waals surface area contributed by atoms with Crippen LogP contribution < -0.4 is 14.2 Å². The summed E-state index contributed by atoms with van der Waals surface area (Å²) in [5.41, 5.74) is 0.128. The lowest BCUT2D eigenvalue weighted by Gasteiger charge is -2.14. The molecule has 0 spiro atoms. The van der Waals surface area contributed by atoms with Gasteiger partial charge in [0.25, 0.3) is 0 Å². The van der Waals surface area contributed by atoms with Gasteiger partial charge in [0.1, 0.15) is 6.29 Å². The van der Waals surface area contributed by atoms with E-state index in [4.69, 9.17) is 19.3 Å². The molecule has 0 aliphatic rings. The molecule has 6 nitrogen and oxygen atoms in total. The molecule has 1 N–H and O–H groups in total. The number of allylic oxidation sites excluding steroid dienone is 1. The van der Waals surface area contributed by atoms with Gasteiger partial charge in [-0.25, -0.2) is 4.79 Å². The molecule has 1 aromatic rings. The molecule has 6 heteroatoms. The lowest BCUT2D eigenvalue weighted by atomic mass is 10.0. The molecular weight excluding hydrogens is 252 g/mol. The van der Waals surface area contributed by atoms with Crippen molar-refractivity contribution in [1.82, 2.24) is 0 Å². The monoisotopic (exact) mass is 266 g/mol. The Bertz CT molecular complexity index is 493. The van der Waals surface area contributed by atoms with Gasteiger partial charge < -0.3 is 19.3 Å². The molecule has 0 aliphatic carbocycles. The van der Waals surface area contributed by atoms with E-state index in [1.807, 2.05) is 0 Å². The van der Waals surface area contributed by atoms with Crippen molar-refractivity contribution in [2.24, 2.45) is 0 Å². The first-order valence-electron chi connectivity index (χ1n) is 5.28. The van der Waals surface area contributed by atoms with Crippen molar-refractivity contribution in [3.8, 4) is 17.2 Å². The molecule has 1 aromatic carbocycles. The number of carboxylic acid groups (broad SMARTS) is 1. The minimum Gasteiger partial charge on any atom is -0.493 e. The van der Waals surface area contributed by atoms with Crippen molar-refractivity contribution < 1.29 is 28.9 Å². The predicted molar refractivity (Wildman–Crippen MR) is 67.8 cm³/mol. The summed E-state index contributed by atoms with van der Waals surface area (Å²) in [4.78, 5) is 21.6. The molecular formula is C13H14O6. The molecule has 0 saturated heterocycles. The van der Waals surface area contributed by atoms with E-state index in [1.165, 1.54) is 33.5 Å². The van der Waals surface area contributed by atoms with E-state index < -0.39 is 5.97 Å². The van der Waals surface area contributed by atoms with Crippen LogP contribution in [0.1, 0.15) is 5.56 Å². The van der Waals surface area contributed by atoms with E-state index >= 15 is 0 Å². The van der Waals surface area contributed by atoms with Crippen LogP contribution in [0.4, 0.5) is 0 Å². The number of carbonyl (C=O) groups is 2. The van der Waals surface area contributed by atoms with Crippen LogP contribution in [0, 0.1) is 0 Å². The molecule has 0 aromatic heterocycles. The standard InChI is InChI=1S/C13H14O6/c1-17-10-6-8(9(4-5-14)13(15)16)7-11(18-2)12(10)19-3/h4-7H,1-3H3,(H,15,16)/b9-4+. The minimum atomic E-state index is -1.22. The van der Waals surface area contributed by atoms with Gasteiger partial charge >= 0.3 is 5.97 Å². The van der Waals surface area contributed by atoms with Crippen LogP contribution in [0.25, 0.3) is 5.57 Å². The minimum absolute atomic E-state index is 0.158. The zero-order valence-electron chi connectivity index (χ0n) is 10.8. The molecule has 0 saturated carbocycles. The Kier molecular flexibility index (Phi) is 4.93. The van der Waals surface area contributed by atoms with Crippen molar-refractivity contribution in [2.45, 2.75) is 0 Å². The number of aliphatic carboxylic acids is 1. The zero-order valence-corrected chi connectivity index (χ0v) is 10.8. The maximum Gasteiger partial charge on any atom is 0.336 e. The first kappa shape index (κ1) is 14.6. The number of rotatable bonds is 6. The summed E-state index contributed by atoms with van der Waals surface area (Å²) < 4.78 is 15.4. The number of carboxylic acids is 1. The van der Waals surface area contributed by atoms with Crippen molar-refractivity contribution in [1.29, 1.82) is 0 Å². The number of hydrogen-bond acceptors (Lipinski definition) is 5. The highest BCUT2D eigenvalue weighted by atomic mass is 16.5. The van der Waals surface area contributed by atoms with Crippen LogP contribution in [-0.4, -0.2) is 38.7 Å². The molecule has 0 bridgehead atoms. The van der Waals surface area contributed by atoms with Crippen LogP contribution in [0.5, 0.6) is 17.2 Å². The molecule has 0 radical (unpaired) electrons. The Morgan fingerprint density at radius 2 is 1.63 bits per heavy atom. The fourth-order valence-corrected chi connectivity index (χ4v) is 1.60. The Balaban J connectivity index is 3.49. The molecule has 0 fully saturated rings. The van der Waals surface area contributed by atoms with Gasteiger partial charge in [-0.3, -0.25) is 4.79 Å². The maximum atomic E-state index is 11.1. The number of methoxy groups -OCH3 is 3. The Morgan fingerprint density at radius 1 is 1.11 bits per heavy atom. The van der Waals surface area contributed by atoms with Gasteiger partial charge in [0.05, 0.1) is 26.9 Å². The second-order valence-corrected chi connectivity index (χ2v) is 3.44. The summed E-state index contributed by atoms with van der Waals surface area (Å²) in [7, 11) is 4.29. The summed E-state index contributed by atoms with van der Waals surface area (Å²) in [6.45, 7) is 0. The quantitative estimate of drug-likeness (QED) is 0.618. The summed E-state index contributed by atoms with van der Waals surface area (Å²) in [6.07, 6.45) is 1.37. The Hall–Kier alpha value is -2.50. The lowest BCUT2D eigenvalue weighted by molar-refractivity contribution is -0.130. The predicted octanol–water partition coefficient (Wildman–Crippen LogP) is 1.38. The van der Waals surface area contributed by atoms with E-state index in [0.717, 1.165) is 6.08 Å². The van der Waals surface area contributed by atoms with Crippen molar-refractivity contribution >= 4 is 17.8 Å². The summed E-state index contributed by atoms with van der Waals surface area (Å²) in [5.74, 6) is -0.240. The van der Waals surface area contributed by atoms with E-state index in [-0.39, 0.29) is 11.1 Å². The molecule has 19 heavy (non-hydrogen) atoms. The van der Waals surface area contributed by atoms with E-state index in [0.29, 0.717) is 23.5 Å². The van der Waals surface area contributed by atoms with Crippen LogP contribution in [-0.2, 0) is 9.59 Å². The lowest BCUT2D eigenvalue weighted by Crippen LogP contribution is -2.02. The molecule has 0 atom stereocenters. The van der Waals surface area contributed by atoms with E-state index in [9.17, 15) is 9.59 Å². The van der Waals surface area contributed by atoms with Gasteiger partial charge in [0.2, 0.25) is 5.75 Å². The molecule has 1 rings (SSSR count). The third kappa shape index (κ3) is 3.04. The van der Waals surface area contributed by atoms with Gasteiger partial charge in [0, 0.05) is 0 Å². The van der Waals surface area contributed by atoms with Crippen LogP contribution in [0.2, 0.25) is 0 Å². The van der Waals surface area contributed by atoms with E-state index in [2.05, 4.69) is 0 Å². The SMILES string of the molecule is COc1cc(/C(=C\C=O)C(=O)O)cc(OC)c1OC. The fourth-order valence-electron chi connectivity index (χ4n) is 1.60. The largest absolute Gasteiger partial charge is 0.493 e. The highest BCUT2D eigenvalue weighted by molar-refractivity contribution is 6.18. The van der Waals surface area contributed by atoms with Gasteiger partial charge in [-0.2, -0.15) is 0 Å². The number of aldehydes is 1. The second-order valence-electron chi connectivity index (χ2n) is 3.44. The Morgan fingerprint density at radius 3 is 1.95 bits per heavy atom. The van der Waals surface area contributed by atoms with Crippen molar-refractivity contribution in [3.63, 3.8) is 0 Å². The zero-order chi connectivity index (χ0) is 14.4. The molecule has 0 heterocycles. The van der Waals surface area contributed by atoms with Crippen molar-refractivity contribution in [2.75, 3.05) is 21.3 Å². The van der Waals surface area contributed by atoms with Crippen molar-refractivity contribution in [3.05, 3.63) is 23.8 Å². The number of ether oxygens (including phenoxy) is 3. The third-order valence-corrected chi connectivity index (χ3v) is 2.44. The first-order valence-corrected chi connectivity index (χ1v) is 5.28. The normalized spacial score (nSPS) is 10.8.